The normalized spacial score (nSPS) is 22.9. The van der Waals surface area contributed by atoms with Crippen molar-refractivity contribution in [3.05, 3.63) is 67.3 Å². The van der Waals surface area contributed by atoms with Gasteiger partial charge in [-0.1, -0.05) is 57.2 Å². The second-order valence-corrected chi connectivity index (χ2v) is 21.4. The van der Waals surface area contributed by atoms with Gasteiger partial charge in [0.25, 0.3) is 5.91 Å². The number of likely N-dealkylation sites (tertiary alicyclic amines) is 1. The lowest BCUT2D eigenvalue weighted by Crippen LogP contribution is -2.57. The van der Waals surface area contributed by atoms with Crippen LogP contribution in [0.5, 0.6) is 11.5 Å². The fraction of sp³-hybridized carbons (Fsp3) is 0.532. The number of carbonyl (C=O) groups is 5. The molecule has 0 spiro atoms. The van der Waals surface area contributed by atoms with Crippen LogP contribution in [0.1, 0.15) is 73.6 Å². The van der Waals surface area contributed by atoms with Gasteiger partial charge in [0.05, 0.1) is 36.0 Å². The first-order valence-corrected chi connectivity index (χ1v) is 23.4. The number of amides is 5. The van der Waals surface area contributed by atoms with Crippen LogP contribution in [0.2, 0.25) is 0 Å². The Morgan fingerprint density at radius 1 is 0.953 bits per heavy atom. The van der Waals surface area contributed by atoms with Crippen LogP contribution in [0.3, 0.4) is 0 Å². The number of nitrogens with zero attached hydrogens (tertiary/aromatic N) is 4. The number of methoxy groups -OCH3 is 1. The van der Waals surface area contributed by atoms with E-state index in [1.165, 1.54) is 11.0 Å². The number of fused-ring (bicyclic) bond motifs is 1. The summed E-state index contributed by atoms with van der Waals surface area (Å²) in [7, 11) is -2.37. The number of piperazine rings is 1. The van der Waals surface area contributed by atoms with Crippen LogP contribution in [0, 0.1) is 17.3 Å². The number of hydrogen-bond donors (Lipinski definition) is 2. The van der Waals surface area contributed by atoms with Gasteiger partial charge in [-0.3, -0.25) is 23.9 Å². The highest BCUT2D eigenvalue weighted by Crippen LogP contribution is 2.46. The lowest BCUT2D eigenvalue weighted by Gasteiger charge is -2.38. The smallest absolute Gasteiger partial charge is 0.410 e. The molecule has 4 aliphatic rings. The predicted octanol–water partition coefficient (Wildman–Crippen LogP) is 5.06. The summed E-state index contributed by atoms with van der Waals surface area (Å²) in [6.07, 6.45) is 1.20. The first-order chi connectivity index (χ1) is 30.1. The Morgan fingerprint density at radius 3 is 2.22 bits per heavy atom. The number of nitrogens with one attached hydrogen (secondary N) is 2. The third-order valence-corrected chi connectivity index (χ3v) is 14.3. The molecule has 5 atom stereocenters. The quantitative estimate of drug-likeness (QED) is 0.218. The SMILES string of the molecule is C=C[C@@H]1C[C@]1(NC(=O)[C@@H]1C[C@@H](Oc2cc(-c3ccccc3)nc3cc(OC)ccc23)CN1C(=O)[C@@H](CC(=O)N1CCN(C(=O)OC(C)(C)C)CC1)C(C)(C)C)C(=O)NS(=O)(=O)C1CC1. The van der Waals surface area contributed by atoms with Crippen LogP contribution in [0.4, 0.5) is 4.79 Å². The van der Waals surface area contributed by atoms with Crippen molar-refractivity contribution in [2.45, 2.75) is 102 Å². The van der Waals surface area contributed by atoms with Crippen LogP contribution in [-0.2, 0) is 33.9 Å². The van der Waals surface area contributed by atoms with Crippen molar-refractivity contribution in [3.8, 4) is 22.8 Å². The molecule has 7 rings (SSSR count). The van der Waals surface area contributed by atoms with E-state index in [1.54, 1.807) is 49.8 Å². The summed E-state index contributed by atoms with van der Waals surface area (Å²) in [5, 5.41) is 2.87. The molecule has 1 aromatic heterocycles. The minimum Gasteiger partial charge on any atom is -0.497 e. The molecule has 2 N–H and O–H groups in total. The predicted molar refractivity (Wildman–Crippen MR) is 239 cm³/mol. The van der Waals surface area contributed by atoms with E-state index in [0.29, 0.717) is 40.9 Å². The molecule has 2 aliphatic heterocycles. The van der Waals surface area contributed by atoms with E-state index in [-0.39, 0.29) is 57.9 Å². The molecule has 2 saturated carbocycles. The molecule has 2 aliphatic carbocycles. The summed E-state index contributed by atoms with van der Waals surface area (Å²) >= 11 is 0. The molecule has 2 aromatic carbocycles. The van der Waals surface area contributed by atoms with Crippen molar-refractivity contribution >= 4 is 50.6 Å². The molecule has 5 amide bonds. The zero-order valence-electron chi connectivity index (χ0n) is 37.7. The Hall–Kier alpha value is -5.71. The van der Waals surface area contributed by atoms with Crippen LogP contribution in [0.25, 0.3) is 22.2 Å². The molecule has 4 fully saturated rings. The van der Waals surface area contributed by atoms with Gasteiger partial charge in [-0.05, 0) is 57.6 Å². The van der Waals surface area contributed by atoms with Crippen LogP contribution < -0.4 is 19.5 Å². The maximum Gasteiger partial charge on any atom is 0.410 e. The number of benzene rings is 2. The van der Waals surface area contributed by atoms with Gasteiger partial charge in [-0.25, -0.2) is 18.2 Å². The topological polar surface area (TPSA) is 194 Å². The zero-order chi connectivity index (χ0) is 46.4. The third kappa shape index (κ3) is 10.1. The Labute approximate surface area is 375 Å². The second-order valence-electron chi connectivity index (χ2n) is 19.4. The maximum absolute atomic E-state index is 15.1. The van der Waals surface area contributed by atoms with Gasteiger partial charge in [-0.15, -0.1) is 6.58 Å². The van der Waals surface area contributed by atoms with Crippen molar-refractivity contribution in [1.29, 1.82) is 0 Å². The molecule has 3 aromatic rings. The summed E-state index contributed by atoms with van der Waals surface area (Å²) in [4.78, 5) is 79.8. The average Bonchev–Trinajstić information content (AvgIpc) is 4.18. The van der Waals surface area contributed by atoms with Gasteiger partial charge in [0, 0.05) is 68.0 Å². The van der Waals surface area contributed by atoms with Crippen molar-refractivity contribution < 1.29 is 46.6 Å². The standard InChI is InChI=1S/C47H60N6O10S/c1-9-30-27-47(30,43(57)50-64(59,60)33-16-17-33)49-41(55)38-24-32(62-39-26-36(29-13-11-10-12-14-29)48-37-23-31(61-8)15-18-34(37)39)28-53(38)42(56)35(45(2,3)4)25-40(54)51-19-21-52(22-20-51)44(58)63-46(5,6)7/h9-15,18,23,26,30,32-33,35,38H,1,16-17,19-22,24-25,27-28H2,2-8H3,(H,49,55)(H,50,57)/t30-,32-,35-,38+,47-/m1/s1. The fourth-order valence-corrected chi connectivity index (χ4v) is 9.83. The molecule has 0 unspecified atom stereocenters. The van der Waals surface area contributed by atoms with Crippen LogP contribution >= 0.6 is 0 Å². The summed E-state index contributed by atoms with van der Waals surface area (Å²) < 4.78 is 45.7. The lowest BCUT2D eigenvalue weighted by molar-refractivity contribution is -0.149. The van der Waals surface area contributed by atoms with Gasteiger partial charge in [0.2, 0.25) is 27.7 Å². The number of ether oxygens (including phenoxy) is 3. The highest BCUT2D eigenvalue weighted by molar-refractivity contribution is 7.91. The maximum atomic E-state index is 15.1. The van der Waals surface area contributed by atoms with Crippen molar-refractivity contribution in [1.82, 2.24) is 29.7 Å². The number of aromatic nitrogens is 1. The van der Waals surface area contributed by atoms with Crippen LogP contribution in [-0.4, -0.2) is 126 Å². The number of carbonyl (C=O) groups excluding carboxylic acids is 5. The molecule has 3 heterocycles. The van der Waals surface area contributed by atoms with Gasteiger partial charge >= 0.3 is 6.09 Å². The third-order valence-electron chi connectivity index (χ3n) is 12.4. The molecule has 64 heavy (non-hydrogen) atoms. The van der Waals surface area contributed by atoms with Gasteiger partial charge in [0.15, 0.2) is 0 Å². The van der Waals surface area contributed by atoms with Crippen molar-refractivity contribution in [3.63, 3.8) is 0 Å². The minimum absolute atomic E-state index is 0.0203. The monoisotopic (exact) mass is 900 g/mol. The van der Waals surface area contributed by atoms with E-state index in [9.17, 15) is 27.6 Å². The lowest BCUT2D eigenvalue weighted by atomic mass is 9.77. The Bertz CT molecular complexity index is 2420. The molecular formula is C47H60N6O10S. The number of sulfonamides is 1. The number of pyridine rings is 1. The Balaban J connectivity index is 1.17. The molecule has 344 valence electrons. The minimum atomic E-state index is -3.94. The van der Waals surface area contributed by atoms with Gasteiger partial charge < -0.3 is 34.2 Å². The van der Waals surface area contributed by atoms with E-state index in [4.69, 9.17) is 19.2 Å². The van der Waals surface area contributed by atoms with E-state index in [0.717, 1.165) is 5.56 Å². The highest BCUT2D eigenvalue weighted by atomic mass is 32.2. The Kier molecular flexibility index (Phi) is 12.8. The first-order valence-electron chi connectivity index (χ1n) is 21.9. The van der Waals surface area contributed by atoms with E-state index in [1.807, 2.05) is 63.2 Å². The molecule has 2 saturated heterocycles. The highest BCUT2D eigenvalue weighted by Gasteiger charge is 2.62. The second kappa shape index (κ2) is 17.7. The average molecular weight is 901 g/mol. The zero-order valence-corrected chi connectivity index (χ0v) is 38.5. The Morgan fingerprint density at radius 2 is 1.62 bits per heavy atom. The van der Waals surface area contributed by atoms with E-state index in [2.05, 4.69) is 16.6 Å². The van der Waals surface area contributed by atoms with E-state index >= 15 is 4.79 Å². The van der Waals surface area contributed by atoms with Crippen LogP contribution in [0.15, 0.2) is 67.3 Å². The molecule has 0 bridgehead atoms. The summed E-state index contributed by atoms with van der Waals surface area (Å²) in [6, 6.07) is 15.7. The van der Waals surface area contributed by atoms with Gasteiger partial charge in [-0.2, -0.15) is 0 Å². The van der Waals surface area contributed by atoms with Crippen molar-refractivity contribution in [2.24, 2.45) is 17.3 Å². The molecule has 17 heteroatoms. The summed E-state index contributed by atoms with van der Waals surface area (Å²) in [5.74, 6) is -2.59. The molecule has 16 nitrogen and oxygen atoms in total. The van der Waals surface area contributed by atoms with Crippen molar-refractivity contribution in [2.75, 3.05) is 39.8 Å². The number of rotatable bonds is 13. The summed E-state index contributed by atoms with van der Waals surface area (Å²) in [5.41, 5.74) is -0.922. The number of hydrogen-bond acceptors (Lipinski definition) is 11. The summed E-state index contributed by atoms with van der Waals surface area (Å²) in [6.45, 7) is 15.8. The molecular weight excluding hydrogens is 841 g/mol. The fourth-order valence-electron chi connectivity index (χ4n) is 8.46. The van der Waals surface area contributed by atoms with E-state index < -0.39 is 79.6 Å². The molecule has 0 radical (unpaired) electrons. The largest absolute Gasteiger partial charge is 0.497 e. The van der Waals surface area contributed by atoms with Gasteiger partial charge in [0.1, 0.15) is 34.8 Å². The first kappa shape index (κ1) is 46.3.